The van der Waals surface area contributed by atoms with E-state index in [2.05, 4.69) is 5.32 Å². The van der Waals surface area contributed by atoms with Crippen molar-refractivity contribution in [1.29, 1.82) is 0 Å². The molecule has 2 atom stereocenters. The molecule has 2 aromatic carbocycles. The van der Waals surface area contributed by atoms with E-state index in [1.165, 1.54) is 13.2 Å². The normalized spacial score (nSPS) is 13.8. The van der Waals surface area contributed by atoms with Crippen molar-refractivity contribution in [1.82, 2.24) is 5.32 Å². The van der Waals surface area contributed by atoms with Crippen LogP contribution in [0.3, 0.4) is 0 Å². The van der Waals surface area contributed by atoms with E-state index in [1.807, 2.05) is 38.1 Å². The van der Waals surface area contributed by atoms with Crippen LogP contribution in [0.25, 0.3) is 0 Å². The molecule has 0 fully saturated rings. The van der Waals surface area contributed by atoms with Crippen molar-refractivity contribution in [2.45, 2.75) is 25.9 Å². The zero-order valence-electron chi connectivity index (χ0n) is 12.4. The van der Waals surface area contributed by atoms with Crippen molar-refractivity contribution in [2.75, 3.05) is 7.11 Å². The van der Waals surface area contributed by atoms with Gasteiger partial charge in [-0.3, -0.25) is 0 Å². The zero-order chi connectivity index (χ0) is 15.4. The van der Waals surface area contributed by atoms with Gasteiger partial charge in [-0.15, -0.1) is 0 Å². The predicted molar refractivity (Wildman–Crippen MR) is 84.4 cm³/mol. The Morgan fingerprint density at radius 3 is 2.33 bits per heavy atom. The number of halogens is 2. The molecule has 1 unspecified atom stereocenters. The Hall–Kier alpha value is -1.58. The van der Waals surface area contributed by atoms with Gasteiger partial charge >= 0.3 is 0 Å². The molecule has 0 bridgehead atoms. The van der Waals surface area contributed by atoms with Crippen LogP contribution in [0.4, 0.5) is 4.39 Å². The van der Waals surface area contributed by atoms with Crippen LogP contribution in [0.15, 0.2) is 42.5 Å². The van der Waals surface area contributed by atoms with Crippen LogP contribution in [0.1, 0.15) is 37.1 Å². The summed E-state index contributed by atoms with van der Waals surface area (Å²) in [6.07, 6.45) is 0. The summed E-state index contributed by atoms with van der Waals surface area (Å²) in [6, 6.07) is 12.4. The van der Waals surface area contributed by atoms with Crippen LogP contribution >= 0.6 is 11.6 Å². The van der Waals surface area contributed by atoms with Gasteiger partial charge in [0.25, 0.3) is 0 Å². The number of hydrogen-bond donors (Lipinski definition) is 1. The molecule has 0 aliphatic heterocycles. The van der Waals surface area contributed by atoms with Gasteiger partial charge in [0.1, 0.15) is 11.6 Å². The summed E-state index contributed by atoms with van der Waals surface area (Å²) < 4.78 is 19.1. The van der Waals surface area contributed by atoms with Crippen molar-refractivity contribution in [3.63, 3.8) is 0 Å². The van der Waals surface area contributed by atoms with Gasteiger partial charge in [0.2, 0.25) is 0 Å². The molecular weight excluding hydrogens is 289 g/mol. The van der Waals surface area contributed by atoms with Gasteiger partial charge in [-0.1, -0.05) is 35.9 Å². The van der Waals surface area contributed by atoms with Crippen molar-refractivity contribution in [2.24, 2.45) is 0 Å². The second-order valence-electron chi connectivity index (χ2n) is 5.02. The number of methoxy groups -OCH3 is 1. The molecule has 1 N–H and O–H groups in total. The Bertz CT molecular complexity index is 617. The van der Waals surface area contributed by atoms with E-state index in [0.29, 0.717) is 16.3 Å². The van der Waals surface area contributed by atoms with Gasteiger partial charge in [-0.25, -0.2) is 4.39 Å². The summed E-state index contributed by atoms with van der Waals surface area (Å²) in [6.45, 7) is 3.94. The van der Waals surface area contributed by atoms with Crippen LogP contribution in [0.5, 0.6) is 5.75 Å². The second-order valence-corrected chi connectivity index (χ2v) is 5.43. The first-order valence-corrected chi connectivity index (χ1v) is 7.24. The third kappa shape index (κ3) is 3.74. The molecule has 2 rings (SSSR count). The summed E-state index contributed by atoms with van der Waals surface area (Å²) in [5, 5.41) is 4.07. The summed E-state index contributed by atoms with van der Waals surface area (Å²) in [7, 11) is 1.52. The van der Waals surface area contributed by atoms with Gasteiger partial charge < -0.3 is 10.1 Å². The Morgan fingerprint density at radius 2 is 1.71 bits per heavy atom. The highest BCUT2D eigenvalue weighted by atomic mass is 35.5. The fourth-order valence-electron chi connectivity index (χ4n) is 2.37. The molecule has 21 heavy (non-hydrogen) atoms. The first kappa shape index (κ1) is 15.8. The summed E-state index contributed by atoms with van der Waals surface area (Å²) in [4.78, 5) is 0. The summed E-state index contributed by atoms with van der Waals surface area (Å²) in [5.74, 6) is 0.239. The van der Waals surface area contributed by atoms with Gasteiger partial charge in [-0.05, 0) is 31.5 Å². The molecule has 2 aromatic rings. The van der Waals surface area contributed by atoms with E-state index in [4.69, 9.17) is 16.3 Å². The van der Waals surface area contributed by atoms with Gasteiger partial charge in [0, 0.05) is 28.7 Å². The Balaban J connectivity index is 2.14. The average molecular weight is 308 g/mol. The lowest BCUT2D eigenvalue weighted by molar-refractivity contribution is 0.408. The van der Waals surface area contributed by atoms with Gasteiger partial charge in [0.15, 0.2) is 0 Å². The molecule has 0 amide bonds. The first-order valence-electron chi connectivity index (χ1n) is 6.87. The Labute approximate surface area is 129 Å². The van der Waals surface area contributed by atoms with Crippen molar-refractivity contribution < 1.29 is 9.13 Å². The maximum Gasteiger partial charge on any atom is 0.131 e. The van der Waals surface area contributed by atoms with Gasteiger partial charge in [0.05, 0.1) is 7.11 Å². The van der Waals surface area contributed by atoms with Gasteiger partial charge in [-0.2, -0.15) is 0 Å². The largest absolute Gasteiger partial charge is 0.497 e. The molecular formula is C17H19ClFNO. The number of ether oxygens (including phenoxy) is 1. The third-order valence-corrected chi connectivity index (χ3v) is 3.89. The number of rotatable bonds is 5. The average Bonchev–Trinajstić information content (AvgIpc) is 2.47. The molecule has 0 aliphatic rings. The topological polar surface area (TPSA) is 21.3 Å². The molecule has 0 radical (unpaired) electrons. The van der Waals surface area contributed by atoms with Crippen LogP contribution in [0.2, 0.25) is 5.02 Å². The highest BCUT2D eigenvalue weighted by Gasteiger charge is 2.16. The first-order chi connectivity index (χ1) is 10.0. The van der Waals surface area contributed by atoms with E-state index in [9.17, 15) is 4.39 Å². The van der Waals surface area contributed by atoms with E-state index in [0.717, 1.165) is 5.56 Å². The molecule has 0 heterocycles. The molecule has 0 aliphatic carbocycles. The molecule has 0 aromatic heterocycles. The lowest BCUT2D eigenvalue weighted by atomic mass is 10.0. The molecule has 4 heteroatoms. The number of benzene rings is 2. The molecule has 112 valence electrons. The SMILES string of the molecule is COc1ccc(C(C)N[C@H](C)c2ccccc2Cl)c(F)c1. The molecule has 0 saturated heterocycles. The fraction of sp³-hybridized carbons (Fsp3) is 0.294. The highest BCUT2D eigenvalue weighted by Crippen LogP contribution is 2.27. The molecule has 0 saturated carbocycles. The van der Waals surface area contributed by atoms with E-state index >= 15 is 0 Å². The maximum atomic E-state index is 14.1. The monoisotopic (exact) mass is 307 g/mol. The number of hydrogen-bond acceptors (Lipinski definition) is 2. The Morgan fingerprint density at radius 1 is 1.05 bits per heavy atom. The van der Waals surface area contributed by atoms with Crippen molar-refractivity contribution >= 4 is 11.6 Å². The lowest BCUT2D eigenvalue weighted by Crippen LogP contribution is -2.23. The quantitative estimate of drug-likeness (QED) is 0.848. The van der Waals surface area contributed by atoms with Crippen molar-refractivity contribution in [3.8, 4) is 5.75 Å². The maximum absolute atomic E-state index is 14.1. The predicted octanol–water partition coefficient (Wildman–Crippen LogP) is 4.90. The lowest BCUT2D eigenvalue weighted by Gasteiger charge is -2.22. The molecule has 0 spiro atoms. The fourth-order valence-corrected chi connectivity index (χ4v) is 2.67. The van der Waals surface area contributed by atoms with Crippen LogP contribution in [0, 0.1) is 5.82 Å². The summed E-state index contributed by atoms with van der Waals surface area (Å²) in [5.41, 5.74) is 1.61. The minimum absolute atomic E-state index is 0.0233. The standard InChI is InChI=1S/C17H19ClFNO/c1-11(14-6-4-5-7-16(14)18)20-12(2)15-9-8-13(21-3)10-17(15)19/h4-12,20H,1-3H3/t11-,12?/m1/s1. The second kappa shape index (κ2) is 6.92. The smallest absolute Gasteiger partial charge is 0.131 e. The number of nitrogens with one attached hydrogen (secondary N) is 1. The highest BCUT2D eigenvalue weighted by molar-refractivity contribution is 6.31. The van der Waals surface area contributed by atoms with Crippen LogP contribution in [-0.2, 0) is 0 Å². The zero-order valence-corrected chi connectivity index (χ0v) is 13.1. The van der Waals surface area contributed by atoms with Crippen LogP contribution in [-0.4, -0.2) is 7.11 Å². The molecule has 2 nitrogen and oxygen atoms in total. The Kier molecular flexibility index (Phi) is 5.21. The third-order valence-electron chi connectivity index (χ3n) is 3.55. The van der Waals surface area contributed by atoms with E-state index in [-0.39, 0.29) is 17.9 Å². The minimum Gasteiger partial charge on any atom is -0.497 e. The van der Waals surface area contributed by atoms with Crippen molar-refractivity contribution in [3.05, 3.63) is 64.4 Å². The minimum atomic E-state index is -0.277. The van der Waals surface area contributed by atoms with E-state index in [1.54, 1.807) is 12.1 Å². The van der Waals surface area contributed by atoms with Crippen LogP contribution < -0.4 is 10.1 Å². The summed E-state index contributed by atoms with van der Waals surface area (Å²) >= 11 is 6.19. The van der Waals surface area contributed by atoms with E-state index < -0.39 is 0 Å².